The second-order valence-corrected chi connectivity index (χ2v) is 4.18. The first-order chi connectivity index (χ1) is 8.04. The van der Waals surface area contributed by atoms with Crippen molar-refractivity contribution < 1.29 is 13.9 Å². The van der Waals surface area contributed by atoms with Crippen LogP contribution in [0.25, 0.3) is 0 Å². The average Bonchev–Trinajstić information content (AvgIpc) is 2.32. The SMILES string of the molecule is COC(=O)C(N)CCCc1ccc(F)c(Cl)c1. The van der Waals surface area contributed by atoms with Gasteiger partial charge in [0.15, 0.2) is 0 Å². The van der Waals surface area contributed by atoms with Gasteiger partial charge in [-0.3, -0.25) is 4.79 Å². The average molecular weight is 260 g/mol. The van der Waals surface area contributed by atoms with Crippen molar-refractivity contribution in [1.29, 1.82) is 0 Å². The molecule has 0 fully saturated rings. The Balaban J connectivity index is 2.40. The molecule has 0 amide bonds. The van der Waals surface area contributed by atoms with Crippen molar-refractivity contribution in [2.45, 2.75) is 25.3 Å². The Morgan fingerprint density at radius 1 is 1.59 bits per heavy atom. The topological polar surface area (TPSA) is 52.3 Å². The molecule has 0 spiro atoms. The van der Waals surface area contributed by atoms with Gasteiger partial charge in [-0.15, -0.1) is 0 Å². The van der Waals surface area contributed by atoms with Crippen LogP contribution in [-0.2, 0) is 16.0 Å². The molecular formula is C12H15ClFNO2. The van der Waals surface area contributed by atoms with Gasteiger partial charge in [-0.05, 0) is 37.0 Å². The van der Waals surface area contributed by atoms with E-state index in [1.165, 1.54) is 13.2 Å². The van der Waals surface area contributed by atoms with E-state index in [2.05, 4.69) is 4.74 Å². The molecule has 0 radical (unpaired) electrons. The third-order valence-corrected chi connectivity index (χ3v) is 2.76. The highest BCUT2D eigenvalue weighted by Crippen LogP contribution is 2.17. The van der Waals surface area contributed by atoms with Gasteiger partial charge in [0, 0.05) is 0 Å². The number of ether oxygens (including phenoxy) is 1. The second-order valence-electron chi connectivity index (χ2n) is 3.77. The fourth-order valence-electron chi connectivity index (χ4n) is 1.49. The van der Waals surface area contributed by atoms with E-state index in [-0.39, 0.29) is 5.02 Å². The first-order valence-corrected chi connectivity index (χ1v) is 5.69. The molecule has 94 valence electrons. The highest BCUT2D eigenvalue weighted by molar-refractivity contribution is 6.30. The fraction of sp³-hybridized carbons (Fsp3) is 0.417. The number of hydrogen-bond donors (Lipinski definition) is 1. The normalized spacial score (nSPS) is 12.2. The van der Waals surface area contributed by atoms with E-state index in [1.54, 1.807) is 12.1 Å². The standard InChI is InChI=1S/C12H15ClFNO2/c1-17-12(16)11(15)4-2-3-8-5-6-10(14)9(13)7-8/h5-7,11H,2-4,15H2,1H3. The van der Waals surface area contributed by atoms with Crippen LogP contribution in [0.4, 0.5) is 4.39 Å². The van der Waals surface area contributed by atoms with Gasteiger partial charge in [-0.2, -0.15) is 0 Å². The van der Waals surface area contributed by atoms with E-state index in [0.29, 0.717) is 12.8 Å². The number of esters is 1. The van der Waals surface area contributed by atoms with Crippen molar-refractivity contribution in [3.63, 3.8) is 0 Å². The molecule has 1 aromatic carbocycles. The van der Waals surface area contributed by atoms with E-state index < -0.39 is 17.8 Å². The number of methoxy groups -OCH3 is 1. The maximum Gasteiger partial charge on any atom is 0.322 e. The van der Waals surface area contributed by atoms with Crippen LogP contribution in [0.5, 0.6) is 0 Å². The first kappa shape index (κ1) is 13.9. The predicted molar refractivity (Wildman–Crippen MR) is 64.3 cm³/mol. The van der Waals surface area contributed by atoms with Crippen LogP contribution in [0.2, 0.25) is 5.02 Å². The summed E-state index contributed by atoms with van der Waals surface area (Å²) in [6, 6.07) is 3.99. The van der Waals surface area contributed by atoms with Crippen molar-refractivity contribution in [1.82, 2.24) is 0 Å². The highest BCUT2D eigenvalue weighted by atomic mass is 35.5. The van der Waals surface area contributed by atoms with Gasteiger partial charge in [-0.25, -0.2) is 4.39 Å². The zero-order chi connectivity index (χ0) is 12.8. The van der Waals surface area contributed by atoms with Gasteiger partial charge in [0.05, 0.1) is 12.1 Å². The summed E-state index contributed by atoms with van der Waals surface area (Å²) < 4.78 is 17.4. The summed E-state index contributed by atoms with van der Waals surface area (Å²) in [7, 11) is 1.31. The van der Waals surface area contributed by atoms with E-state index in [0.717, 1.165) is 12.0 Å². The Labute approximate surface area is 105 Å². The molecule has 0 aliphatic rings. The molecule has 0 saturated heterocycles. The minimum absolute atomic E-state index is 0.111. The Kier molecular flexibility index (Phi) is 5.38. The number of rotatable bonds is 5. The van der Waals surface area contributed by atoms with Crippen LogP contribution in [0.1, 0.15) is 18.4 Å². The van der Waals surface area contributed by atoms with Crippen molar-refractivity contribution >= 4 is 17.6 Å². The third kappa shape index (κ3) is 4.32. The molecule has 0 saturated carbocycles. The van der Waals surface area contributed by atoms with E-state index in [1.807, 2.05) is 0 Å². The summed E-state index contributed by atoms with van der Waals surface area (Å²) in [5, 5.41) is 0.111. The number of nitrogens with two attached hydrogens (primary N) is 1. The lowest BCUT2D eigenvalue weighted by molar-refractivity contribution is -0.142. The van der Waals surface area contributed by atoms with Gasteiger partial charge in [-0.1, -0.05) is 17.7 Å². The number of benzene rings is 1. The Hall–Kier alpha value is -1.13. The lowest BCUT2D eigenvalue weighted by Crippen LogP contribution is -2.31. The molecule has 0 aliphatic heterocycles. The summed E-state index contributed by atoms with van der Waals surface area (Å²) in [6.45, 7) is 0. The van der Waals surface area contributed by atoms with Crippen LogP contribution in [-0.4, -0.2) is 19.1 Å². The van der Waals surface area contributed by atoms with Crippen LogP contribution in [0.15, 0.2) is 18.2 Å². The molecule has 1 rings (SSSR count). The number of aryl methyl sites for hydroxylation is 1. The molecule has 0 bridgehead atoms. The predicted octanol–water partition coefficient (Wildman–Crippen LogP) is 2.30. The van der Waals surface area contributed by atoms with Crippen molar-refractivity contribution in [2.24, 2.45) is 5.73 Å². The van der Waals surface area contributed by atoms with E-state index in [4.69, 9.17) is 17.3 Å². The zero-order valence-electron chi connectivity index (χ0n) is 9.58. The number of carbonyl (C=O) groups is 1. The Morgan fingerprint density at radius 3 is 2.88 bits per heavy atom. The molecular weight excluding hydrogens is 245 g/mol. The van der Waals surface area contributed by atoms with E-state index in [9.17, 15) is 9.18 Å². The highest BCUT2D eigenvalue weighted by Gasteiger charge is 2.12. The van der Waals surface area contributed by atoms with Crippen LogP contribution in [0.3, 0.4) is 0 Å². The summed E-state index contributed by atoms with van der Waals surface area (Å²) in [6.07, 6.45) is 1.95. The molecule has 1 unspecified atom stereocenters. The van der Waals surface area contributed by atoms with Crippen molar-refractivity contribution in [2.75, 3.05) is 7.11 Å². The maximum absolute atomic E-state index is 12.9. The fourth-order valence-corrected chi connectivity index (χ4v) is 1.69. The Morgan fingerprint density at radius 2 is 2.29 bits per heavy atom. The number of carbonyl (C=O) groups excluding carboxylic acids is 1. The molecule has 1 atom stereocenters. The zero-order valence-corrected chi connectivity index (χ0v) is 10.3. The molecule has 3 nitrogen and oxygen atoms in total. The maximum atomic E-state index is 12.9. The van der Waals surface area contributed by atoms with Gasteiger partial charge in [0.1, 0.15) is 11.9 Å². The third-order valence-electron chi connectivity index (χ3n) is 2.47. The minimum Gasteiger partial charge on any atom is -0.468 e. The molecule has 0 aromatic heterocycles. The molecule has 0 heterocycles. The Bertz CT molecular complexity index is 398. The van der Waals surface area contributed by atoms with Crippen LogP contribution < -0.4 is 5.73 Å². The van der Waals surface area contributed by atoms with Crippen molar-refractivity contribution in [3.8, 4) is 0 Å². The summed E-state index contributed by atoms with van der Waals surface area (Å²) >= 11 is 5.65. The largest absolute Gasteiger partial charge is 0.468 e. The van der Waals surface area contributed by atoms with Gasteiger partial charge in [0.25, 0.3) is 0 Å². The molecule has 17 heavy (non-hydrogen) atoms. The van der Waals surface area contributed by atoms with E-state index >= 15 is 0 Å². The van der Waals surface area contributed by atoms with Crippen LogP contribution >= 0.6 is 11.6 Å². The smallest absolute Gasteiger partial charge is 0.322 e. The number of halogens is 2. The number of hydrogen-bond acceptors (Lipinski definition) is 3. The van der Waals surface area contributed by atoms with Gasteiger partial charge < -0.3 is 10.5 Å². The lowest BCUT2D eigenvalue weighted by atomic mass is 10.1. The second kappa shape index (κ2) is 6.57. The van der Waals surface area contributed by atoms with Crippen molar-refractivity contribution in [3.05, 3.63) is 34.6 Å². The monoisotopic (exact) mass is 259 g/mol. The van der Waals surface area contributed by atoms with Crippen LogP contribution in [0, 0.1) is 5.82 Å². The van der Waals surface area contributed by atoms with Gasteiger partial charge in [0.2, 0.25) is 0 Å². The summed E-state index contributed by atoms with van der Waals surface area (Å²) in [4.78, 5) is 11.0. The van der Waals surface area contributed by atoms with Gasteiger partial charge >= 0.3 is 5.97 Å². The summed E-state index contributed by atoms with van der Waals surface area (Å²) in [5.74, 6) is -0.844. The summed E-state index contributed by atoms with van der Waals surface area (Å²) in [5.41, 5.74) is 6.51. The lowest BCUT2D eigenvalue weighted by Gasteiger charge is -2.08. The molecule has 5 heteroatoms. The quantitative estimate of drug-likeness (QED) is 0.826. The molecule has 1 aromatic rings. The first-order valence-electron chi connectivity index (χ1n) is 5.32. The minimum atomic E-state index is -0.601. The molecule has 2 N–H and O–H groups in total. The molecule has 0 aliphatic carbocycles.